The van der Waals surface area contributed by atoms with E-state index in [1.165, 1.54) is 0 Å². The highest BCUT2D eigenvalue weighted by Crippen LogP contribution is 2.28. The highest BCUT2D eigenvalue weighted by molar-refractivity contribution is 6.27. The third-order valence-corrected chi connectivity index (χ3v) is 4.15. The molecule has 0 saturated carbocycles. The fraction of sp³-hybridized carbons (Fsp3) is 0.500. The smallest absolute Gasteiger partial charge is 0.262 e. The third kappa shape index (κ3) is 3.92. The van der Waals surface area contributed by atoms with E-state index in [-0.39, 0.29) is 29.9 Å². The molecule has 1 atom stereocenters. The van der Waals surface area contributed by atoms with Crippen LogP contribution >= 0.6 is 0 Å². The summed E-state index contributed by atoms with van der Waals surface area (Å²) in [7, 11) is 1.89. The number of carbonyl (C=O) groups is 4. The Morgan fingerprint density at radius 3 is 2.40 bits per heavy atom. The Morgan fingerprint density at radius 2 is 1.84 bits per heavy atom. The first-order valence-electron chi connectivity index (χ1n) is 8.40. The molecular weight excluding hydrogens is 322 g/mol. The Labute approximate surface area is 147 Å². The topological polar surface area (TPSA) is 86.6 Å². The average Bonchev–Trinajstić information content (AvgIpc) is 2.75. The molecule has 2 fully saturated rings. The Kier molecular flexibility index (Phi) is 5.66. The van der Waals surface area contributed by atoms with Gasteiger partial charge in [-0.25, -0.2) is 4.58 Å². The van der Waals surface area contributed by atoms with E-state index in [4.69, 9.17) is 0 Å². The summed E-state index contributed by atoms with van der Waals surface area (Å²) in [6, 6.07) is -0.938. The third-order valence-electron chi connectivity index (χ3n) is 4.15. The van der Waals surface area contributed by atoms with Gasteiger partial charge in [-0.1, -0.05) is 19.9 Å². The molecule has 0 aromatic rings. The van der Waals surface area contributed by atoms with E-state index in [1.54, 1.807) is 25.3 Å². The van der Waals surface area contributed by atoms with Crippen LogP contribution in [0.2, 0.25) is 0 Å². The summed E-state index contributed by atoms with van der Waals surface area (Å²) in [6.07, 6.45) is 5.22. The van der Waals surface area contributed by atoms with E-state index in [0.717, 1.165) is 11.4 Å². The SMILES string of the molecule is C/C=C1/C(=O)N(C2CCC(=O)NC2=O)C(=O)/C1=C/C=[N+](C)CC(C)C. The van der Waals surface area contributed by atoms with Crippen LogP contribution in [0, 0.1) is 5.92 Å². The van der Waals surface area contributed by atoms with E-state index >= 15 is 0 Å². The molecule has 0 radical (unpaired) electrons. The van der Waals surface area contributed by atoms with Gasteiger partial charge >= 0.3 is 0 Å². The largest absolute Gasteiger partial charge is 0.295 e. The number of carbonyl (C=O) groups excluding carboxylic acids is 4. The van der Waals surface area contributed by atoms with Crippen LogP contribution in [-0.2, 0) is 19.2 Å². The van der Waals surface area contributed by atoms with Gasteiger partial charge in [-0.2, -0.15) is 0 Å². The number of piperidine rings is 1. The molecule has 25 heavy (non-hydrogen) atoms. The molecule has 0 aliphatic carbocycles. The van der Waals surface area contributed by atoms with E-state index in [1.807, 2.05) is 11.6 Å². The molecule has 1 N–H and O–H groups in total. The number of hydrogen-bond acceptors (Lipinski definition) is 4. The molecule has 7 nitrogen and oxygen atoms in total. The van der Waals surface area contributed by atoms with Gasteiger partial charge < -0.3 is 0 Å². The van der Waals surface area contributed by atoms with Gasteiger partial charge in [0.1, 0.15) is 19.6 Å². The molecule has 2 rings (SSSR count). The van der Waals surface area contributed by atoms with E-state index < -0.39 is 23.8 Å². The minimum Gasteiger partial charge on any atom is -0.295 e. The first-order valence-corrected chi connectivity index (χ1v) is 8.40. The summed E-state index contributed by atoms with van der Waals surface area (Å²) >= 11 is 0. The monoisotopic (exact) mass is 346 g/mol. The average molecular weight is 346 g/mol. The van der Waals surface area contributed by atoms with Crippen molar-refractivity contribution in [2.75, 3.05) is 13.6 Å². The maximum Gasteiger partial charge on any atom is 0.262 e. The van der Waals surface area contributed by atoms with Crippen molar-refractivity contribution in [3.05, 3.63) is 23.3 Å². The minimum absolute atomic E-state index is 0.112. The number of nitrogens with one attached hydrogen (secondary N) is 1. The number of rotatable bonds is 4. The summed E-state index contributed by atoms with van der Waals surface area (Å²) in [4.78, 5) is 49.7. The van der Waals surface area contributed by atoms with Crippen molar-refractivity contribution in [1.82, 2.24) is 10.2 Å². The molecular formula is C18H24N3O4+. The molecule has 0 bridgehead atoms. The second-order valence-electron chi connectivity index (χ2n) is 6.71. The number of likely N-dealkylation sites (tertiary alicyclic amines) is 1. The fourth-order valence-electron chi connectivity index (χ4n) is 3.07. The lowest BCUT2D eigenvalue weighted by Gasteiger charge is -2.27. The van der Waals surface area contributed by atoms with E-state index in [2.05, 4.69) is 19.2 Å². The lowest BCUT2D eigenvalue weighted by atomic mass is 10.0. The molecule has 7 heteroatoms. The van der Waals surface area contributed by atoms with Crippen molar-refractivity contribution in [2.24, 2.45) is 5.92 Å². The first-order chi connectivity index (χ1) is 11.8. The predicted molar refractivity (Wildman–Crippen MR) is 91.8 cm³/mol. The Morgan fingerprint density at radius 1 is 1.20 bits per heavy atom. The molecule has 0 spiro atoms. The van der Waals surface area contributed by atoms with Gasteiger partial charge in [0.15, 0.2) is 6.21 Å². The number of allylic oxidation sites excluding steroid dienone is 2. The van der Waals surface area contributed by atoms with Crippen molar-refractivity contribution < 1.29 is 23.8 Å². The lowest BCUT2D eigenvalue weighted by molar-refractivity contribution is -0.498. The van der Waals surface area contributed by atoms with E-state index in [9.17, 15) is 19.2 Å². The van der Waals surface area contributed by atoms with Gasteiger partial charge in [-0.05, 0) is 13.3 Å². The highest BCUT2D eigenvalue weighted by Gasteiger charge is 2.46. The lowest BCUT2D eigenvalue weighted by Crippen LogP contribution is -2.54. The van der Waals surface area contributed by atoms with Crippen LogP contribution in [0.5, 0.6) is 0 Å². The molecule has 2 heterocycles. The van der Waals surface area contributed by atoms with Crippen LogP contribution < -0.4 is 5.32 Å². The zero-order valence-corrected chi connectivity index (χ0v) is 15.0. The molecule has 1 unspecified atom stereocenters. The summed E-state index contributed by atoms with van der Waals surface area (Å²) in [5.74, 6) is -1.52. The van der Waals surface area contributed by atoms with Crippen LogP contribution in [0.25, 0.3) is 0 Å². The quantitative estimate of drug-likeness (QED) is 0.346. The highest BCUT2D eigenvalue weighted by atomic mass is 16.2. The van der Waals surface area contributed by atoms with Crippen molar-refractivity contribution in [2.45, 2.75) is 39.7 Å². The summed E-state index contributed by atoms with van der Waals surface area (Å²) in [5, 5.41) is 2.19. The Hall–Kier alpha value is -2.57. The van der Waals surface area contributed by atoms with Gasteiger partial charge in [0.05, 0.1) is 5.57 Å². The van der Waals surface area contributed by atoms with Gasteiger partial charge in [0, 0.05) is 24.0 Å². The molecule has 2 aliphatic heterocycles. The predicted octanol–water partition coefficient (Wildman–Crippen LogP) is 0.402. The number of imide groups is 2. The molecule has 134 valence electrons. The first kappa shape index (κ1) is 18.8. The maximum atomic E-state index is 12.7. The fourth-order valence-corrected chi connectivity index (χ4v) is 3.07. The van der Waals surface area contributed by atoms with Gasteiger partial charge in [-0.15, -0.1) is 0 Å². The van der Waals surface area contributed by atoms with Crippen molar-refractivity contribution in [1.29, 1.82) is 0 Å². The minimum atomic E-state index is -0.938. The molecule has 2 aliphatic rings. The van der Waals surface area contributed by atoms with Crippen molar-refractivity contribution in [3.63, 3.8) is 0 Å². The summed E-state index contributed by atoms with van der Waals surface area (Å²) in [5.41, 5.74) is 0.553. The number of nitrogens with zero attached hydrogens (tertiary/aromatic N) is 2. The van der Waals surface area contributed by atoms with Crippen LogP contribution in [0.4, 0.5) is 0 Å². The Bertz CT molecular complexity index is 716. The van der Waals surface area contributed by atoms with Crippen molar-refractivity contribution >= 4 is 29.8 Å². The normalized spacial score (nSPS) is 25.6. The van der Waals surface area contributed by atoms with Crippen molar-refractivity contribution in [3.8, 4) is 0 Å². The van der Waals surface area contributed by atoms with Crippen LogP contribution in [-0.4, -0.2) is 59.0 Å². The molecule has 0 aromatic carbocycles. The van der Waals surface area contributed by atoms with Crippen LogP contribution in [0.15, 0.2) is 23.3 Å². The van der Waals surface area contributed by atoms with Gasteiger partial charge in [0.25, 0.3) is 11.8 Å². The Balaban J connectivity index is 2.32. The van der Waals surface area contributed by atoms with Crippen LogP contribution in [0.3, 0.4) is 0 Å². The van der Waals surface area contributed by atoms with Crippen LogP contribution in [0.1, 0.15) is 33.6 Å². The van der Waals surface area contributed by atoms with Gasteiger partial charge in [-0.3, -0.25) is 29.4 Å². The molecule has 4 amide bonds. The maximum absolute atomic E-state index is 12.7. The zero-order valence-electron chi connectivity index (χ0n) is 15.0. The van der Waals surface area contributed by atoms with Gasteiger partial charge in [0.2, 0.25) is 11.8 Å². The second-order valence-corrected chi connectivity index (χ2v) is 6.71. The molecule has 0 aromatic heterocycles. The zero-order chi connectivity index (χ0) is 18.7. The summed E-state index contributed by atoms with van der Waals surface area (Å²) in [6.45, 7) is 6.67. The second kappa shape index (κ2) is 7.55. The summed E-state index contributed by atoms with van der Waals surface area (Å²) < 4.78 is 1.94. The van der Waals surface area contributed by atoms with E-state index in [0.29, 0.717) is 5.92 Å². The number of amides is 4. The number of hydrogen-bond donors (Lipinski definition) is 1. The molecule has 2 saturated heterocycles. The standard InChI is InChI=1S/C18H23N3O4/c1-5-12-13(8-9-20(4)10-11(2)3)18(25)21(17(12)24)14-6-7-15(22)19-16(14)23/h5,8-9,11,14H,6-7,10H2,1-4H3/p+1/b12-5+,13-8+,20-9?.